The quantitative estimate of drug-likeness (QED) is 0.736. The van der Waals surface area contributed by atoms with Gasteiger partial charge in [0.2, 0.25) is 0 Å². The lowest BCUT2D eigenvalue weighted by Gasteiger charge is -2.31. The molecule has 2 N–H and O–H groups in total. The van der Waals surface area contributed by atoms with Gasteiger partial charge < -0.3 is 10.4 Å². The van der Waals surface area contributed by atoms with Crippen LogP contribution in [0, 0.1) is 0 Å². The minimum Gasteiger partial charge on any atom is -0.394 e. The zero-order valence-electron chi connectivity index (χ0n) is 10.3. The van der Waals surface area contributed by atoms with Crippen molar-refractivity contribution in [3.63, 3.8) is 0 Å². The van der Waals surface area contributed by atoms with Gasteiger partial charge in [0.1, 0.15) is 0 Å². The molecule has 0 aromatic carbocycles. The molecule has 0 heterocycles. The number of aliphatic hydroxyl groups is 1. The van der Waals surface area contributed by atoms with Crippen molar-refractivity contribution in [3.05, 3.63) is 0 Å². The van der Waals surface area contributed by atoms with E-state index in [-0.39, 0.29) is 12.1 Å². The van der Waals surface area contributed by atoms with Crippen molar-refractivity contribution in [2.45, 2.75) is 63.3 Å². The zero-order valence-corrected chi connectivity index (χ0v) is 11.1. The second-order valence-corrected chi connectivity index (χ2v) is 6.38. The lowest BCUT2D eigenvalue weighted by Crippen LogP contribution is -2.49. The summed E-state index contributed by atoms with van der Waals surface area (Å²) in [6, 6.07) is 0.465. The molecule has 0 saturated heterocycles. The molecule has 3 heteroatoms. The summed E-state index contributed by atoms with van der Waals surface area (Å²) < 4.78 is 0. The molecule has 0 radical (unpaired) electrons. The molecule has 0 amide bonds. The van der Waals surface area contributed by atoms with Crippen molar-refractivity contribution >= 4 is 11.8 Å². The molecule has 2 atom stereocenters. The number of nitrogens with one attached hydrogen (secondary N) is 1. The third-order valence-corrected chi connectivity index (χ3v) is 4.54. The summed E-state index contributed by atoms with van der Waals surface area (Å²) >= 11 is 2.08. The van der Waals surface area contributed by atoms with E-state index in [9.17, 15) is 5.11 Å². The Kier molecular flexibility index (Phi) is 5.44. The lowest BCUT2D eigenvalue weighted by molar-refractivity contribution is 0.156. The molecule has 1 rings (SSSR count). The molecule has 0 aliphatic heterocycles. The highest BCUT2D eigenvalue weighted by Gasteiger charge is 2.38. The van der Waals surface area contributed by atoms with E-state index >= 15 is 0 Å². The highest BCUT2D eigenvalue weighted by atomic mass is 32.2. The predicted octanol–water partition coefficient (Wildman–Crippen LogP) is 2.41. The SMILES string of the molecule is CCCSC1CCC(CO)(NC(C)C)C1. The van der Waals surface area contributed by atoms with Gasteiger partial charge in [0.05, 0.1) is 6.61 Å². The van der Waals surface area contributed by atoms with Crippen LogP contribution in [0.5, 0.6) is 0 Å². The van der Waals surface area contributed by atoms with Gasteiger partial charge in [-0.25, -0.2) is 0 Å². The van der Waals surface area contributed by atoms with Crippen LogP contribution in [0.25, 0.3) is 0 Å². The summed E-state index contributed by atoms with van der Waals surface area (Å²) in [6.07, 6.45) is 4.77. The fourth-order valence-electron chi connectivity index (χ4n) is 2.44. The lowest BCUT2D eigenvalue weighted by atomic mass is 9.98. The van der Waals surface area contributed by atoms with E-state index in [1.54, 1.807) is 0 Å². The first-order chi connectivity index (χ1) is 7.12. The normalized spacial score (nSPS) is 31.4. The van der Waals surface area contributed by atoms with Crippen LogP contribution in [-0.4, -0.2) is 34.3 Å². The number of thioether (sulfide) groups is 1. The molecule has 1 saturated carbocycles. The molecule has 0 aromatic rings. The van der Waals surface area contributed by atoms with Gasteiger partial charge >= 0.3 is 0 Å². The van der Waals surface area contributed by atoms with Crippen molar-refractivity contribution in [2.75, 3.05) is 12.4 Å². The van der Waals surface area contributed by atoms with E-state index in [2.05, 4.69) is 37.8 Å². The molecule has 90 valence electrons. The molecule has 1 fully saturated rings. The molecular weight excluding hydrogens is 206 g/mol. The van der Waals surface area contributed by atoms with E-state index in [0.717, 1.165) is 18.1 Å². The highest BCUT2D eigenvalue weighted by Crippen LogP contribution is 2.37. The maximum atomic E-state index is 9.54. The van der Waals surface area contributed by atoms with Gasteiger partial charge in [0.25, 0.3) is 0 Å². The molecule has 15 heavy (non-hydrogen) atoms. The Morgan fingerprint density at radius 3 is 2.80 bits per heavy atom. The van der Waals surface area contributed by atoms with E-state index < -0.39 is 0 Å². The zero-order chi connectivity index (χ0) is 11.3. The Labute approximate surface area is 98.2 Å². The van der Waals surface area contributed by atoms with Crippen molar-refractivity contribution in [3.8, 4) is 0 Å². The standard InChI is InChI=1S/C12H25NOS/c1-4-7-15-11-5-6-12(8-11,9-14)13-10(2)3/h10-11,13-14H,4-9H2,1-3H3. The van der Waals surface area contributed by atoms with E-state index in [1.807, 2.05) is 0 Å². The van der Waals surface area contributed by atoms with Crippen molar-refractivity contribution in [1.29, 1.82) is 0 Å². The van der Waals surface area contributed by atoms with Crippen LogP contribution in [0.1, 0.15) is 46.5 Å². The Hall–Kier alpha value is 0.270. The van der Waals surface area contributed by atoms with Gasteiger partial charge in [-0.1, -0.05) is 20.8 Å². The molecule has 2 unspecified atom stereocenters. The summed E-state index contributed by atoms with van der Waals surface area (Å²) in [6.45, 7) is 6.83. The minimum atomic E-state index is 0.0135. The topological polar surface area (TPSA) is 32.3 Å². The third-order valence-electron chi connectivity index (χ3n) is 3.02. The van der Waals surface area contributed by atoms with Crippen LogP contribution in [-0.2, 0) is 0 Å². The van der Waals surface area contributed by atoms with Gasteiger partial charge in [-0.2, -0.15) is 11.8 Å². The maximum Gasteiger partial charge on any atom is 0.0613 e. The number of rotatable bonds is 6. The van der Waals surface area contributed by atoms with Gasteiger partial charge in [0, 0.05) is 16.8 Å². The van der Waals surface area contributed by atoms with Gasteiger partial charge in [-0.05, 0) is 31.4 Å². The number of aliphatic hydroxyl groups excluding tert-OH is 1. The van der Waals surface area contributed by atoms with Crippen LogP contribution in [0.15, 0.2) is 0 Å². The summed E-state index contributed by atoms with van der Waals surface area (Å²) in [7, 11) is 0. The van der Waals surface area contributed by atoms with Crippen molar-refractivity contribution in [2.24, 2.45) is 0 Å². The van der Waals surface area contributed by atoms with Crippen LogP contribution in [0.2, 0.25) is 0 Å². The summed E-state index contributed by atoms with van der Waals surface area (Å²) in [5.41, 5.74) is 0.0135. The van der Waals surface area contributed by atoms with Crippen LogP contribution >= 0.6 is 11.8 Å². The fraction of sp³-hybridized carbons (Fsp3) is 1.00. The average Bonchev–Trinajstić information content (AvgIpc) is 2.58. The van der Waals surface area contributed by atoms with Crippen LogP contribution < -0.4 is 5.32 Å². The first-order valence-corrected chi connectivity index (χ1v) is 7.17. The number of hydrogen-bond donors (Lipinski definition) is 2. The van der Waals surface area contributed by atoms with E-state index in [1.165, 1.54) is 18.6 Å². The largest absolute Gasteiger partial charge is 0.394 e. The smallest absolute Gasteiger partial charge is 0.0613 e. The van der Waals surface area contributed by atoms with Crippen molar-refractivity contribution < 1.29 is 5.11 Å². The minimum absolute atomic E-state index is 0.0135. The maximum absolute atomic E-state index is 9.54. The van der Waals surface area contributed by atoms with Crippen LogP contribution in [0.3, 0.4) is 0 Å². The predicted molar refractivity (Wildman–Crippen MR) is 68.5 cm³/mol. The molecule has 0 aromatic heterocycles. The molecular formula is C12H25NOS. The fourth-order valence-corrected chi connectivity index (χ4v) is 3.73. The first-order valence-electron chi connectivity index (χ1n) is 6.12. The first kappa shape index (κ1) is 13.3. The highest BCUT2D eigenvalue weighted by molar-refractivity contribution is 7.99. The Morgan fingerprint density at radius 2 is 2.27 bits per heavy atom. The average molecular weight is 231 g/mol. The third kappa shape index (κ3) is 3.97. The summed E-state index contributed by atoms with van der Waals surface area (Å²) in [4.78, 5) is 0. The van der Waals surface area contributed by atoms with Crippen LogP contribution in [0.4, 0.5) is 0 Å². The Bertz CT molecular complexity index is 186. The summed E-state index contributed by atoms with van der Waals surface area (Å²) in [5.74, 6) is 1.26. The Morgan fingerprint density at radius 1 is 1.53 bits per heavy atom. The molecule has 0 spiro atoms. The monoisotopic (exact) mass is 231 g/mol. The van der Waals surface area contributed by atoms with Gasteiger partial charge in [-0.15, -0.1) is 0 Å². The molecule has 2 nitrogen and oxygen atoms in total. The molecule has 1 aliphatic rings. The molecule has 0 bridgehead atoms. The Balaban J connectivity index is 2.42. The van der Waals surface area contributed by atoms with E-state index in [4.69, 9.17) is 0 Å². The summed E-state index contributed by atoms with van der Waals surface area (Å²) in [5, 5.41) is 13.8. The van der Waals surface area contributed by atoms with E-state index in [0.29, 0.717) is 6.04 Å². The van der Waals surface area contributed by atoms with Gasteiger partial charge in [0.15, 0.2) is 0 Å². The second-order valence-electron chi connectivity index (χ2n) is 4.97. The molecule has 1 aliphatic carbocycles. The van der Waals surface area contributed by atoms with Gasteiger partial charge in [-0.3, -0.25) is 0 Å². The second kappa shape index (κ2) is 6.12. The van der Waals surface area contributed by atoms with Crippen molar-refractivity contribution in [1.82, 2.24) is 5.32 Å². The number of hydrogen-bond acceptors (Lipinski definition) is 3.